The molecule has 1 aromatic carbocycles. The Morgan fingerprint density at radius 1 is 1.14 bits per heavy atom. The van der Waals surface area contributed by atoms with E-state index in [0.29, 0.717) is 12.6 Å². The summed E-state index contributed by atoms with van der Waals surface area (Å²) in [6, 6.07) is 12.6. The predicted octanol–water partition coefficient (Wildman–Crippen LogP) is 4.11. The summed E-state index contributed by atoms with van der Waals surface area (Å²) in [4.78, 5) is 4.12. The van der Waals surface area contributed by atoms with Gasteiger partial charge in [0.05, 0.1) is 0 Å². The van der Waals surface area contributed by atoms with Crippen molar-refractivity contribution in [2.75, 3.05) is 6.54 Å². The van der Waals surface area contributed by atoms with Gasteiger partial charge in [0, 0.05) is 29.6 Å². The first-order chi connectivity index (χ1) is 10.3. The molecule has 0 fully saturated rings. The molecule has 2 rings (SSSR count). The average molecular weight is 284 g/mol. The molecule has 1 heterocycles. The maximum atomic E-state index is 6.01. The van der Waals surface area contributed by atoms with Crippen LogP contribution in [0.4, 0.5) is 0 Å². The van der Waals surface area contributed by atoms with Crippen molar-refractivity contribution in [1.29, 1.82) is 0 Å². The van der Waals surface area contributed by atoms with Gasteiger partial charge in [-0.25, -0.2) is 0 Å². The molecular formula is C18H24N2O. The van der Waals surface area contributed by atoms with Crippen LogP contribution in [0.1, 0.15) is 43.9 Å². The summed E-state index contributed by atoms with van der Waals surface area (Å²) in [7, 11) is 0. The van der Waals surface area contributed by atoms with Crippen LogP contribution in [0.2, 0.25) is 0 Å². The van der Waals surface area contributed by atoms with E-state index in [1.165, 1.54) is 5.56 Å². The molecule has 3 nitrogen and oxygen atoms in total. The number of benzene rings is 1. The molecular weight excluding hydrogens is 260 g/mol. The van der Waals surface area contributed by atoms with Crippen LogP contribution in [0.25, 0.3) is 0 Å². The number of nitrogens with zero attached hydrogens (tertiary/aromatic N) is 1. The highest BCUT2D eigenvalue weighted by atomic mass is 16.5. The van der Waals surface area contributed by atoms with Gasteiger partial charge < -0.3 is 10.1 Å². The van der Waals surface area contributed by atoms with Gasteiger partial charge in [0.2, 0.25) is 0 Å². The fourth-order valence-corrected chi connectivity index (χ4v) is 2.34. The Morgan fingerprint density at radius 2 is 2.00 bits per heavy atom. The van der Waals surface area contributed by atoms with Crippen LogP contribution in [0, 0.1) is 0 Å². The summed E-state index contributed by atoms with van der Waals surface area (Å²) < 4.78 is 6.01. The highest BCUT2D eigenvalue weighted by Gasteiger charge is 2.13. The minimum Gasteiger partial charge on any atom is -0.489 e. The molecule has 0 aliphatic rings. The molecule has 112 valence electrons. The normalized spacial score (nSPS) is 12.1. The Morgan fingerprint density at radius 3 is 2.71 bits per heavy atom. The van der Waals surface area contributed by atoms with Crippen LogP contribution in [-0.4, -0.2) is 11.5 Å². The minimum atomic E-state index is 0.343. The van der Waals surface area contributed by atoms with Crippen LogP contribution in [0.5, 0.6) is 5.75 Å². The monoisotopic (exact) mass is 284 g/mol. The number of rotatable bonds is 8. The zero-order valence-electron chi connectivity index (χ0n) is 12.9. The number of pyridine rings is 1. The van der Waals surface area contributed by atoms with Crippen LogP contribution >= 0.6 is 0 Å². The van der Waals surface area contributed by atoms with Crippen molar-refractivity contribution in [1.82, 2.24) is 10.3 Å². The van der Waals surface area contributed by atoms with Crippen molar-refractivity contribution in [3.8, 4) is 5.75 Å². The van der Waals surface area contributed by atoms with Crippen LogP contribution in [-0.2, 0) is 6.61 Å². The lowest BCUT2D eigenvalue weighted by atomic mass is 10.0. The zero-order valence-corrected chi connectivity index (χ0v) is 12.9. The van der Waals surface area contributed by atoms with Crippen LogP contribution in [0.3, 0.4) is 0 Å². The lowest BCUT2D eigenvalue weighted by Gasteiger charge is -2.20. The number of aromatic nitrogens is 1. The fraction of sp³-hybridized carbons (Fsp3) is 0.389. The lowest BCUT2D eigenvalue weighted by Crippen LogP contribution is -2.22. The molecule has 0 spiro atoms. The van der Waals surface area contributed by atoms with Gasteiger partial charge in [-0.2, -0.15) is 0 Å². The maximum absolute atomic E-state index is 6.01. The molecule has 21 heavy (non-hydrogen) atoms. The van der Waals surface area contributed by atoms with E-state index in [1.54, 1.807) is 6.20 Å². The summed E-state index contributed by atoms with van der Waals surface area (Å²) in [5.41, 5.74) is 2.32. The first-order valence-electron chi connectivity index (χ1n) is 7.69. The largest absolute Gasteiger partial charge is 0.489 e. The summed E-state index contributed by atoms with van der Waals surface area (Å²) >= 11 is 0. The quantitative estimate of drug-likeness (QED) is 0.792. The number of ether oxygens (including phenoxy) is 1. The lowest BCUT2D eigenvalue weighted by molar-refractivity contribution is 0.298. The minimum absolute atomic E-state index is 0.343. The van der Waals surface area contributed by atoms with E-state index >= 15 is 0 Å². The highest BCUT2D eigenvalue weighted by molar-refractivity contribution is 5.36. The molecule has 1 unspecified atom stereocenters. The first-order valence-corrected chi connectivity index (χ1v) is 7.69. The molecule has 1 aromatic heterocycles. The first kappa shape index (κ1) is 15.5. The van der Waals surface area contributed by atoms with Gasteiger partial charge in [0.1, 0.15) is 12.4 Å². The van der Waals surface area contributed by atoms with E-state index < -0.39 is 0 Å². The third-order valence-corrected chi connectivity index (χ3v) is 3.46. The summed E-state index contributed by atoms with van der Waals surface area (Å²) in [6.45, 7) is 5.96. The smallest absolute Gasteiger partial charge is 0.124 e. The molecule has 2 aromatic rings. The number of hydrogen-bond donors (Lipinski definition) is 1. The van der Waals surface area contributed by atoms with Crippen molar-refractivity contribution < 1.29 is 4.74 Å². The van der Waals surface area contributed by atoms with Gasteiger partial charge in [-0.3, -0.25) is 4.98 Å². The van der Waals surface area contributed by atoms with Crippen molar-refractivity contribution in [2.24, 2.45) is 0 Å². The Bertz CT molecular complexity index is 528. The number of nitrogens with one attached hydrogen (secondary N) is 1. The van der Waals surface area contributed by atoms with E-state index in [-0.39, 0.29) is 0 Å². The van der Waals surface area contributed by atoms with Crippen LogP contribution < -0.4 is 10.1 Å². The molecule has 0 saturated heterocycles. The second-order valence-corrected chi connectivity index (χ2v) is 5.10. The topological polar surface area (TPSA) is 34.1 Å². The van der Waals surface area contributed by atoms with Gasteiger partial charge in [-0.15, -0.1) is 0 Å². The Kier molecular flexibility index (Phi) is 6.22. The Labute approximate surface area is 127 Å². The number of hydrogen-bond acceptors (Lipinski definition) is 3. The van der Waals surface area contributed by atoms with E-state index in [9.17, 15) is 0 Å². The summed E-state index contributed by atoms with van der Waals surface area (Å²) in [5.74, 6) is 0.955. The second kappa shape index (κ2) is 8.42. The van der Waals surface area contributed by atoms with Crippen LogP contribution in [0.15, 0.2) is 48.8 Å². The fourth-order valence-electron chi connectivity index (χ4n) is 2.34. The summed E-state index contributed by atoms with van der Waals surface area (Å²) in [5, 5.41) is 3.58. The standard InChI is InChI=1S/C18H24N2O/c1-3-11-20-17(4-2)16-9-5-6-10-18(16)21-14-15-8-7-12-19-13-15/h5-10,12-13,17,20H,3-4,11,14H2,1-2H3. The molecule has 3 heteroatoms. The third-order valence-electron chi connectivity index (χ3n) is 3.46. The Balaban J connectivity index is 2.08. The highest BCUT2D eigenvalue weighted by Crippen LogP contribution is 2.27. The summed E-state index contributed by atoms with van der Waals surface area (Å²) in [6.07, 6.45) is 5.80. The number of para-hydroxylation sites is 1. The van der Waals surface area contributed by atoms with Gasteiger partial charge in [0.25, 0.3) is 0 Å². The second-order valence-electron chi connectivity index (χ2n) is 5.10. The van der Waals surface area contributed by atoms with Crippen molar-refractivity contribution in [3.05, 3.63) is 59.9 Å². The van der Waals surface area contributed by atoms with E-state index in [0.717, 1.165) is 30.7 Å². The van der Waals surface area contributed by atoms with E-state index in [1.807, 2.05) is 30.5 Å². The van der Waals surface area contributed by atoms with Gasteiger partial charge in [-0.1, -0.05) is 38.1 Å². The zero-order chi connectivity index (χ0) is 14.9. The molecule has 0 aliphatic carbocycles. The molecule has 1 N–H and O–H groups in total. The molecule has 1 atom stereocenters. The third kappa shape index (κ3) is 4.57. The van der Waals surface area contributed by atoms with Gasteiger partial charge in [0.15, 0.2) is 0 Å². The van der Waals surface area contributed by atoms with Crippen molar-refractivity contribution in [2.45, 2.75) is 39.3 Å². The molecule has 0 radical (unpaired) electrons. The van der Waals surface area contributed by atoms with E-state index in [4.69, 9.17) is 4.74 Å². The SMILES string of the molecule is CCCNC(CC)c1ccccc1OCc1cccnc1. The van der Waals surface area contributed by atoms with Crippen molar-refractivity contribution >= 4 is 0 Å². The molecule has 0 saturated carbocycles. The van der Waals surface area contributed by atoms with Crippen molar-refractivity contribution in [3.63, 3.8) is 0 Å². The van der Waals surface area contributed by atoms with E-state index in [2.05, 4.69) is 36.3 Å². The Hall–Kier alpha value is -1.87. The maximum Gasteiger partial charge on any atom is 0.124 e. The van der Waals surface area contributed by atoms with Gasteiger partial charge in [-0.05, 0) is 31.5 Å². The molecule has 0 aliphatic heterocycles. The van der Waals surface area contributed by atoms with Gasteiger partial charge >= 0.3 is 0 Å². The predicted molar refractivity (Wildman–Crippen MR) is 86.3 cm³/mol. The molecule has 0 amide bonds. The average Bonchev–Trinajstić information content (AvgIpc) is 2.55. The molecule has 0 bridgehead atoms.